The van der Waals surface area contributed by atoms with Crippen molar-refractivity contribution in [3.05, 3.63) is 60.6 Å². The zero-order valence-electron chi connectivity index (χ0n) is 18.3. The third-order valence-electron chi connectivity index (χ3n) is 6.27. The van der Waals surface area contributed by atoms with Crippen LogP contribution in [-0.4, -0.2) is 52.1 Å². The SMILES string of the molecule is O=S(=O)(c1ccc2c(c1)OCO2)N1CCC(n2c(-c3ccc(F)nc3F)nc3cccnc32)CC1. The molecule has 0 aliphatic carbocycles. The molecular formula is C23H19F2N5O4S. The number of nitrogens with zero attached hydrogens (tertiary/aromatic N) is 5. The highest BCUT2D eigenvalue weighted by atomic mass is 32.2. The molecule has 5 heterocycles. The summed E-state index contributed by atoms with van der Waals surface area (Å²) in [6.07, 6.45) is 2.52. The van der Waals surface area contributed by atoms with Crippen molar-refractivity contribution in [3.8, 4) is 22.9 Å². The molecule has 0 unspecified atom stereocenters. The lowest BCUT2D eigenvalue weighted by Gasteiger charge is -2.32. The largest absolute Gasteiger partial charge is 0.454 e. The van der Waals surface area contributed by atoms with Crippen molar-refractivity contribution < 1.29 is 26.7 Å². The van der Waals surface area contributed by atoms with Gasteiger partial charge in [-0.1, -0.05) is 0 Å². The summed E-state index contributed by atoms with van der Waals surface area (Å²) in [6, 6.07) is 10.2. The average Bonchev–Trinajstić information content (AvgIpc) is 3.48. The number of fused-ring (bicyclic) bond motifs is 2. The minimum absolute atomic E-state index is 0.0554. The van der Waals surface area contributed by atoms with E-state index in [1.165, 1.54) is 22.5 Å². The van der Waals surface area contributed by atoms with Crippen molar-refractivity contribution in [2.24, 2.45) is 0 Å². The van der Waals surface area contributed by atoms with E-state index in [1.54, 1.807) is 29.0 Å². The predicted molar refractivity (Wildman–Crippen MR) is 120 cm³/mol. The van der Waals surface area contributed by atoms with E-state index in [9.17, 15) is 17.2 Å². The number of hydrogen-bond donors (Lipinski definition) is 0. The molecule has 1 saturated heterocycles. The van der Waals surface area contributed by atoms with Gasteiger partial charge in [-0.25, -0.2) is 18.4 Å². The molecule has 2 aliphatic heterocycles. The summed E-state index contributed by atoms with van der Waals surface area (Å²) in [7, 11) is -3.75. The van der Waals surface area contributed by atoms with Crippen molar-refractivity contribution in [1.29, 1.82) is 0 Å². The van der Waals surface area contributed by atoms with Gasteiger partial charge in [-0.15, -0.1) is 0 Å². The molecule has 4 aromatic rings. The fourth-order valence-corrected chi connectivity index (χ4v) is 6.06. The van der Waals surface area contributed by atoms with Crippen molar-refractivity contribution in [2.75, 3.05) is 19.9 Å². The molecule has 2 aliphatic rings. The van der Waals surface area contributed by atoms with Gasteiger partial charge in [-0.3, -0.25) is 0 Å². The molecule has 0 atom stereocenters. The van der Waals surface area contributed by atoms with Crippen LogP contribution in [0.2, 0.25) is 0 Å². The first-order chi connectivity index (χ1) is 16.9. The van der Waals surface area contributed by atoms with Gasteiger partial charge < -0.3 is 14.0 Å². The molecular weight excluding hydrogens is 480 g/mol. The van der Waals surface area contributed by atoms with Crippen LogP contribution < -0.4 is 9.47 Å². The van der Waals surface area contributed by atoms with Crippen LogP contribution in [0, 0.1) is 11.9 Å². The highest BCUT2D eigenvalue weighted by Gasteiger charge is 2.33. The Morgan fingerprint density at radius 3 is 2.57 bits per heavy atom. The maximum Gasteiger partial charge on any atom is 0.243 e. The van der Waals surface area contributed by atoms with Crippen LogP contribution in [0.1, 0.15) is 18.9 Å². The minimum Gasteiger partial charge on any atom is -0.454 e. The maximum atomic E-state index is 14.6. The summed E-state index contributed by atoms with van der Waals surface area (Å²) in [5, 5.41) is 0. The number of rotatable bonds is 4. The zero-order valence-corrected chi connectivity index (χ0v) is 19.1. The third kappa shape index (κ3) is 3.69. The van der Waals surface area contributed by atoms with E-state index in [2.05, 4.69) is 15.0 Å². The van der Waals surface area contributed by atoms with Gasteiger partial charge in [-0.2, -0.15) is 18.1 Å². The van der Waals surface area contributed by atoms with Crippen LogP contribution in [0.4, 0.5) is 8.78 Å². The monoisotopic (exact) mass is 499 g/mol. The van der Waals surface area contributed by atoms with Gasteiger partial charge in [-0.05, 0) is 49.2 Å². The Labute approximate surface area is 199 Å². The average molecular weight is 499 g/mol. The number of piperidine rings is 1. The minimum atomic E-state index is -3.75. The number of pyridine rings is 2. The molecule has 0 spiro atoms. The van der Waals surface area contributed by atoms with Gasteiger partial charge >= 0.3 is 0 Å². The lowest BCUT2D eigenvalue weighted by Crippen LogP contribution is -2.39. The van der Waals surface area contributed by atoms with Gasteiger partial charge in [0.1, 0.15) is 11.3 Å². The smallest absolute Gasteiger partial charge is 0.243 e. The van der Waals surface area contributed by atoms with Crippen LogP contribution in [0.3, 0.4) is 0 Å². The van der Waals surface area contributed by atoms with Crippen molar-refractivity contribution in [3.63, 3.8) is 0 Å². The second kappa shape index (κ2) is 8.24. The predicted octanol–water partition coefficient (Wildman–Crippen LogP) is 3.53. The van der Waals surface area contributed by atoms with Crippen molar-refractivity contribution >= 4 is 21.2 Å². The van der Waals surface area contributed by atoms with Crippen molar-refractivity contribution in [2.45, 2.75) is 23.8 Å². The van der Waals surface area contributed by atoms with Crippen LogP contribution in [-0.2, 0) is 10.0 Å². The molecule has 0 radical (unpaired) electrons. The molecule has 35 heavy (non-hydrogen) atoms. The first kappa shape index (κ1) is 21.9. The van der Waals surface area contributed by atoms with E-state index in [4.69, 9.17) is 9.47 Å². The van der Waals surface area contributed by atoms with E-state index in [1.807, 2.05) is 0 Å². The fourth-order valence-electron chi connectivity index (χ4n) is 4.57. The molecule has 0 N–H and O–H groups in total. The molecule has 1 aromatic carbocycles. The van der Waals surface area contributed by atoms with E-state index >= 15 is 0 Å². The molecule has 3 aromatic heterocycles. The summed E-state index contributed by atoms with van der Waals surface area (Å²) in [4.78, 5) is 12.4. The maximum absolute atomic E-state index is 14.6. The second-order valence-corrected chi connectivity index (χ2v) is 10.2. The molecule has 180 valence electrons. The number of sulfonamides is 1. The number of aromatic nitrogens is 4. The summed E-state index contributed by atoms with van der Waals surface area (Å²) in [6.45, 7) is 0.554. The normalized spacial score (nSPS) is 16.7. The van der Waals surface area contributed by atoms with Gasteiger partial charge in [0.05, 0.1) is 10.5 Å². The number of halogens is 2. The van der Waals surface area contributed by atoms with Gasteiger partial charge in [0.2, 0.25) is 28.7 Å². The highest BCUT2D eigenvalue weighted by Crippen LogP contribution is 2.37. The summed E-state index contributed by atoms with van der Waals surface area (Å²) >= 11 is 0. The molecule has 6 rings (SSSR count). The quantitative estimate of drug-likeness (QED) is 0.396. The standard InChI is InChI=1S/C23H19F2N5O4S/c24-20-6-4-16(21(25)28-20)22-27-17-2-1-9-26-23(17)30(22)14-7-10-29(11-8-14)35(31,32)15-3-5-18-19(12-15)34-13-33-18/h1-6,9,12,14H,7-8,10-11,13H2. The Balaban J connectivity index is 1.31. The summed E-state index contributed by atoms with van der Waals surface area (Å²) in [5.41, 5.74) is 1.16. The molecule has 12 heteroatoms. The lowest BCUT2D eigenvalue weighted by molar-refractivity contribution is 0.174. The topological polar surface area (TPSA) is 99.4 Å². The van der Waals surface area contributed by atoms with Crippen LogP contribution in [0.15, 0.2) is 53.6 Å². The molecule has 0 saturated carbocycles. The van der Waals surface area contributed by atoms with Gasteiger partial charge in [0, 0.05) is 31.4 Å². The second-order valence-electron chi connectivity index (χ2n) is 8.27. The Bertz CT molecular complexity index is 1550. The Morgan fingerprint density at radius 1 is 0.971 bits per heavy atom. The number of ether oxygens (including phenoxy) is 2. The number of imidazole rings is 1. The Kier molecular flexibility index (Phi) is 5.15. The van der Waals surface area contributed by atoms with Crippen LogP contribution >= 0.6 is 0 Å². The van der Waals surface area contributed by atoms with Crippen molar-refractivity contribution in [1.82, 2.24) is 23.8 Å². The Morgan fingerprint density at radius 2 is 1.77 bits per heavy atom. The lowest BCUT2D eigenvalue weighted by atomic mass is 10.1. The van der Waals surface area contributed by atoms with E-state index in [0.29, 0.717) is 35.5 Å². The first-order valence-electron chi connectivity index (χ1n) is 11.0. The van der Waals surface area contributed by atoms with E-state index in [0.717, 1.165) is 6.07 Å². The van der Waals surface area contributed by atoms with Gasteiger partial charge in [0.25, 0.3) is 0 Å². The summed E-state index contributed by atoms with van der Waals surface area (Å²) < 4.78 is 68.3. The molecule has 0 bridgehead atoms. The highest BCUT2D eigenvalue weighted by molar-refractivity contribution is 7.89. The van der Waals surface area contributed by atoms with E-state index < -0.39 is 21.9 Å². The molecule has 0 amide bonds. The van der Waals surface area contributed by atoms with E-state index in [-0.39, 0.29) is 42.2 Å². The number of benzene rings is 1. The third-order valence-corrected chi connectivity index (χ3v) is 8.17. The van der Waals surface area contributed by atoms with Crippen LogP contribution in [0.25, 0.3) is 22.6 Å². The Hall–Kier alpha value is -3.64. The fraction of sp³-hybridized carbons (Fsp3) is 0.261. The molecule has 1 fully saturated rings. The summed E-state index contributed by atoms with van der Waals surface area (Å²) in [5.74, 6) is -0.701. The molecule has 9 nitrogen and oxygen atoms in total. The van der Waals surface area contributed by atoms with Gasteiger partial charge in [0.15, 0.2) is 17.1 Å². The zero-order chi connectivity index (χ0) is 24.2. The number of hydrogen-bond acceptors (Lipinski definition) is 7. The first-order valence-corrected chi connectivity index (χ1v) is 12.4. The van der Waals surface area contributed by atoms with Crippen LogP contribution in [0.5, 0.6) is 11.5 Å².